The highest BCUT2D eigenvalue weighted by Crippen LogP contribution is 2.36. The molecule has 7 nitrogen and oxygen atoms in total. The van der Waals surface area contributed by atoms with Crippen molar-refractivity contribution < 1.29 is 13.3 Å². The van der Waals surface area contributed by atoms with E-state index in [4.69, 9.17) is 9.51 Å². The molecule has 9 heteroatoms. The molecule has 0 radical (unpaired) electrons. The highest BCUT2D eigenvalue weighted by Gasteiger charge is 2.21. The molecule has 0 fully saturated rings. The summed E-state index contributed by atoms with van der Waals surface area (Å²) in [4.78, 5) is 9.20. The van der Waals surface area contributed by atoms with Crippen LogP contribution < -0.4 is 0 Å². The van der Waals surface area contributed by atoms with E-state index in [1.807, 2.05) is 51.2 Å². The van der Waals surface area contributed by atoms with Crippen molar-refractivity contribution in [1.29, 1.82) is 0 Å². The Morgan fingerprint density at radius 2 is 1.88 bits per heavy atom. The molecule has 0 bridgehead atoms. The monoisotopic (exact) mass is 434 g/mol. The fourth-order valence-electron chi connectivity index (χ4n) is 4.04. The van der Waals surface area contributed by atoms with Crippen molar-refractivity contribution in [1.82, 2.24) is 29.5 Å². The van der Waals surface area contributed by atoms with Crippen LogP contribution in [0.2, 0.25) is 0 Å². The number of alkyl halides is 2. The van der Waals surface area contributed by atoms with Gasteiger partial charge >= 0.3 is 6.55 Å². The number of fused-ring (bicyclic) bond motifs is 1. The Morgan fingerprint density at radius 3 is 2.53 bits per heavy atom. The zero-order valence-electron chi connectivity index (χ0n) is 17.7. The first kappa shape index (κ1) is 20.0. The number of aromatic nitrogens is 6. The third kappa shape index (κ3) is 3.26. The molecule has 5 aromatic heterocycles. The molecule has 0 aliphatic rings. The van der Waals surface area contributed by atoms with Crippen molar-refractivity contribution >= 4 is 11.0 Å². The fraction of sp³-hybridized carbons (Fsp3) is 0.217. The molecular formula is C23H20F2N6O. The second-order valence-electron chi connectivity index (χ2n) is 7.66. The SMILES string of the molecule is Cc1noc(C)c1-c1cnc2c(-c3cnn(C(F)F)c3)cn([C@@H](C)c3ccccn3)c2c1. The predicted molar refractivity (Wildman–Crippen MR) is 115 cm³/mol. The molecule has 32 heavy (non-hydrogen) atoms. The zero-order chi connectivity index (χ0) is 22.4. The van der Waals surface area contributed by atoms with Crippen LogP contribution in [0.5, 0.6) is 0 Å². The van der Waals surface area contributed by atoms with Crippen LogP contribution in [-0.4, -0.2) is 29.5 Å². The average molecular weight is 434 g/mol. The Labute approximate surface area is 182 Å². The summed E-state index contributed by atoms with van der Waals surface area (Å²) in [5.74, 6) is 0.706. The molecule has 0 spiro atoms. The van der Waals surface area contributed by atoms with Gasteiger partial charge in [-0.2, -0.15) is 13.9 Å². The van der Waals surface area contributed by atoms with Crippen molar-refractivity contribution in [2.45, 2.75) is 33.4 Å². The van der Waals surface area contributed by atoms with Gasteiger partial charge in [-0.3, -0.25) is 9.97 Å². The summed E-state index contributed by atoms with van der Waals surface area (Å²) in [7, 11) is 0. The molecule has 5 aromatic rings. The molecule has 162 valence electrons. The van der Waals surface area contributed by atoms with Gasteiger partial charge in [0, 0.05) is 47.0 Å². The quantitative estimate of drug-likeness (QED) is 0.361. The molecule has 0 aliphatic carbocycles. The molecule has 0 amide bonds. The van der Waals surface area contributed by atoms with Crippen LogP contribution in [0.25, 0.3) is 33.3 Å². The third-order valence-electron chi connectivity index (χ3n) is 5.64. The molecule has 5 heterocycles. The van der Waals surface area contributed by atoms with E-state index >= 15 is 0 Å². The highest BCUT2D eigenvalue weighted by atomic mass is 19.3. The first-order chi connectivity index (χ1) is 15.4. The summed E-state index contributed by atoms with van der Waals surface area (Å²) in [5, 5.41) is 7.84. The molecule has 1 atom stereocenters. The van der Waals surface area contributed by atoms with Crippen molar-refractivity contribution in [3.05, 3.63) is 72.4 Å². The van der Waals surface area contributed by atoms with E-state index in [1.54, 1.807) is 12.4 Å². The minimum absolute atomic E-state index is 0.112. The van der Waals surface area contributed by atoms with Gasteiger partial charge in [0.2, 0.25) is 0 Å². The Kier molecular flexibility index (Phi) is 4.80. The molecule has 0 N–H and O–H groups in total. The lowest BCUT2D eigenvalue weighted by Gasteiger charge is -2.15. The number of hydrogen-bond donors (Lipinski definition) is 0. The summed E-state index contributed by atoms with van der Waals surface area (Å²) in [6.45, 7) is 3.08. The molecule has 0 saturated heterocycles. The number of rotatable bonds is 5. The highest BCUT2D eigenvalue weighted by molar-refractivity contribution is 5.95. The van der Waals surface area contributed by atoms with E-state index < -0.39 is 6.55 Å². The van der Waals surface area contributed by atoms with Gasteiger partial charge in [-0.15, -0.1) is 0 Å². The minimum atomic E-state index is -2.70. The van der Waals surface area contributed by atoms with Crippen LogP contribution in [-0.2, 0) is 0 Å². The Balaban J connectivity index is 1.73. The van der Waals surface area contributed by atoms with Crippen LogP contribution in [0.1, 0.15) is 36.7 Å². The number of nitrogens with zero attached hydrogens (tertiary/aromatic N) is 6. The predicted octanol–water partition coefficient (Wildman–Crippen LogP) is 5.57. The number of halogens is 2. The van der Waals surface area contributed by atoms with Gasteiger partial charge in [0.05, 0.1) is 34.7 Å². The minimum Gasteiger partial charge on any atom is -0.361 e. The standard InChI is InChI=1S/C23H20F2N6O/c1-13-21(15(3)32-29-13)16-8-20-22(27-9-16)18(17-10-28-31(11-17)23(24)25)12-30(20)14(2)19-6-4-5-7-26-19/h4-12,14,23H,1-3H3/t14-/m0/s1. The summed E-state index contributed by atoms with van der Waals surface area (Å²) in [6, 6.07) is 7.67. The summed E-state index contributed by atoms with van der Waals surface area (Å²) >= 11 is 0. The van der Waals surface area contributed by atoms with E-state index in [9.17, 15) is 8.78 Å². The smallest absolute Gasteiger partial charge is 0.333 e. The molecule has 0 saturated carbocycles. The molecule has 0 unspecified atom stereocenters. The van der Waals surface area contributed by atoms with E-state index in [0.717, 1.165) is 33.6 Å². The summed E-state index contributed by atoms with van der Waals surface area (Å²) < 4.78 is 34.2. The number of aryl methyl sites for hydroxylation is 2. The molecule has 0 aromatic carbocycles. The lowest BCUT2D eigenvalue weighted by molar-refractivity contribution is 0.0566. The van der Waals surface area contributed by atoms with Crippen molar-refractivity contribution in [3.63, 3.8) is 0 Å². The van der Waals surface area contributed by atoms with E-state index in [-0.39, 0.29) is 6.04 Å². The maximum Gasteiger partial charge on any atom is 0.333 e. The van der Waals surface area contributed by atoms with Crippen LogP contribution in [0, 0.1) is 13.8 Å². The van der Waals surface area contributed by atoms with Crippen LogP contribution in [0.4, 0.5) is 8.78 Å². The molecule has 0 aliphatic heterocycles. The van der Waals surface area contributed by atoms with Crippen LogP contribution in [0.3, 0.4) is 0 Å². The second-order valence-corrected chi connectivity index (χ2v) is 7.66. The van der Waals surface area contributed by atoms with E-state index in [0.29, 0.717) is 21.5 Å². The summed E-state index contributed by atoms with van der Waals surface area (Å²) in [5.41, 5.74) is 6.25. The number of hydrogen-bond acceptors (Lipinski definition) is 5. The van der Waals surface area contributed by atoms with Crippen molar-refractivity contribution in [3.8, 4) is 22.3 Å². The Hall–Kier alpha value is -3.88. The lowest BCUT2D eigenvalue weighted by Crippen LogP contribution is -2.07. The first-order valence-corrected chi connectivity index (χ1v) is 10.1. The maximum absolute atomic E-state index is 13.1. The van der Waals surface area contributed by atoms with Crippen molar-refractivity contribution in [2.75, 3.05) is 0 Å². The van der Waals surface area contributed by atoms with Gasteiger partial charge in [0.1, 0.15) is 5.76 Å². The van der Waals surface area contributed by atoms with E-state index in [2.05, 4.69) is 19.8 Å². The van der Waals surface area contributed by atoms with Crippen LogP contribution >= 0.6 is 0 Å². The second kappa shape index (κ2) is 7.67. The van der Waals surface area contributed by atoms with Crippen molar-refractivity contribution in [2.24, 2.45) is 0 Å². The topological polar surface area (TPSA) is 74.6 Å². The maximum atomic E-state index is 13.1. The Morgan fingerprint density at radius 1 is 1.03 bits per heavy atom. The molecule has 5 rings (SSSR count). The van der Waals surface area contributed by atoms with Gasteiger partial charge in [-0.1, -0.05) is 11.2 Å². The zero-order valence-corrected chi connectivity index (χ0v) is 17.7. The van der Waals surface area contributed by atoms with Crippen LogP contribution in [0.15, 0.2) is 59.8 Å². The van der Waals surface area contributed by atoms with Gasteiger partial charge in [-0.05, 0) is 39.0 Å². The average Bonchev–Trinajstić information content (AvgIpc) is 3.50. The molecular weight excluding hydrogens is 414 g/mol. The number of pyridine rings is 2. The Bertz CT molecular complexity index is 1380. The van der Waals surface area contributed by atoms with Gasteiger partial charge < -0.3 is 9.09 Å². The third-order valence-corrected chi connectivity index (χ3v) is 5.64. The fourth-order valence-corrected chi connectivity index (χ4v) is 4.04. The largest absolute Gasteiger partial charge is 0.361 e. The first-order valence-electron chi connectivity index (χ1n) is 10.1. The van der Waals surface area contributed by atoms with Gasteiger partial charge in [-0.25, -0.2) is 4.68 Å². The summed E-state index contributed by atoms with van der Waals surface area (Å²) in [6.07, 6.45) is 8.19. The van der Waals surface area contributed by atoms with E-state index in [1.165, 1.54) is 12.4 Å². The van der Waals surface area contributed by atoms with Gasteiger partial charge in [0.15, 0.2) is 0 Å². The normalized spacial score (nSPS) is 12.7. The van der Waals surface area contributed by atoms with Gasteiger partial charge in [0.25, 0.3) is 0 Å². The lowest BCUT2D eigenvalue weighted by atomic mass is 10.1.